The van der Waals surface area contributed by atoms with E-state index in [1.54, 1.807) is 17.0 Å². The topological polar surface area (TPSA) is 98.9 Å². The number of carbonyl (C=O) groups is 3. The molecule has 1 heterocycles. The van der Waals surface area contributed by atoms with Gasteiger partial charge in [0.15, 0.2) is 13.2 Å². The standard InChI is InChI=1S/C20H20N2O5/c21-20(25)16-7-3-4-8-17(16)26-13-19(24)27-12-18(23)22-10-9-14-5-1-2-6-15(14)11-22/h1-8H,9-13H2,(H2,21,25). The summed E-state index contributed by atoms with van der Waals surface area (Å²) in [7, 11) is 0. The fraction of sp³-hybridized carbons (Fsp3) is 0.250. The van der Waals surface area contributed by atoms with Crippen LogP contribution in [0.4, 0.5) is 0 Å². The van der Waals surface area contributed by atoms with Crippen LogP contribution in [-0.4, -0.2) is 42.4 Å². The maximum absolute atomic E-state index is 12.3. The molecule has 2 amide bonds. The third kappa shape index (κ3) is 4.63. The number of carbonyl (C=O) groups excluding carboxylic acids is 3. The molecule has 0 saturated carbocycles. The lowest BCUT2D eigenvalue weighted by molar-refractivity contribution is -0.154. The van der Waals surface area contributed by atoms with Crippen molar-refractivity contribution in [1.29, 1.82) is 0 Å². The number of amides is 2. The minimum absolute atomic E-state index is 0.174. The lowest BCUT2D eigenvalue weighted by Crippen LogP contribution is -2.38. The lowest BCUT2D eigenvalue weighted by Gasteiger charge is -2.28. The van der Waals surface area contributed by atoms with Gasteiger partial charge in [-0.2, -0.15) is 0 Å². The van der Waals surface area contributed by atoms with E-state index in [1.165, 1.54) is 17.7 Å². The van der Waals surface area contributed by atoms with Crippen molar-refractivity contribution in [3.05, 3.63) is 65.2 Å². The van der Waals surface area contributed by atoms with Crippen LogP contribution in [0.3, 0.4) is 0 Å². The summed E-state index contributed by atoms with van der Waals surface area (Å²) in [5, 5.41) is 0. The number of primary amides is 1. The third-order valence-electron chi connectivity index (χ3n) is 4.34. The summed E-state index contributed by atoms with van der Waals surface area (Å²) >= 11 is 0. The van der Waals surface area contributed by atoms with Gasteiger partial charge in [0.2, 0.25) is 0 Å². The molecule has 0 atom stereocenters. The number of para-hydroxylation sites is 1. The van der Waals surface area contributed by atoms with Crippen LogP contribution in [0.15, 0.2) is 48.5 Å². The number of benzene rings is 2. The Morgan fingerprint density at radius 3 is 2.44 bits per heavy atom. The minimum Gasteiger partial charge on any atom is -0.481 e. The molecule has 1 aliphatic heterocycles. The van der Waals surface area contributed by atoms with E-state index in [1.807, 2.05) is 18.2 Å². The van der Waals surface area contributed by atoms with Gasteiger partial charge in [-0.05, 0) is 29.7 Å². The third-order valence-corrected chi connectivity index (χ3v) is 4.34. The Morgan fingerprint density at radius 1 is 0.963 bits per heavy atom. The SMILES string of the molecule is NC(=O)c1ccccc1OCC(=O)OCC(=O)N1CCc2ccccc2C1. The van der Waals surface area contributed by atoms with Crippen LogP contribution < -0.4 is 10.5 Å². The van der Waals surface area contributed by atoms with Crippen molar-refractivity contribution in [3.8, 4) is 5.75 Å². The molecule has 0 fully saturated rings. The van der Waals surface area contributed by atoms with Crippen LogP contribution in [0.1, 0.15) is 21.5 Å². The Morgan fingerprint density at radius 2 is 1.67 bits per heavy atom. The van der Waals surface area contributed by atoms with Gasteiger partial charge in [0.1, 0.15) is 5.75 Å². The zero-order valence-electron chi connectivity index (χ0n) is 14.7. The molecule has 0 aliphatic carbocycles. The van der Waals surface area contributed by atoms with Crippen LogP contribution in [0, 0.1) is 0 Å². The molecule has 7 heteroatoms. The normalized spacial score (nSPS) is 12.8. The summed E-state index contributed by atoms with van der Waals surface area (Å²) < 4.78 is 10.3. The number of nitrogens with two attached hydrogens (primary N) is 1. The van der Waals surface area contributed by atoms with Gasteiger partial charge in [0, 0.05) is 13.1 Å². The van der Waals surface area contributed by atoms with Crippen LogP contribution in [0.2, 0.25) is 0 Å². The largest absolute Gasteiger partial charge is 0.481 e. The van der Waals surface area contributed by atoms with Crippen molar-refractivity contribution in [3.63, 3.8) is 0 Å². The molecule has 7 nitrogen and oxygen atoms in total. The first-order valence-electron chi connectivity index (χ1n) is 8.56. The Kier molecular flexibility index (Phi) is 5.71. The summed E-state index contributed by atoms with van der Waals surface area (Å²) in [5.74, 6) is -1.41. The Hall–Kier alpha value is -3.35. The Labute approximate surface area is 156 Å². The zero-order chi connectivity index (χ0) is 19.2. The second kappa shape index (κ2) is 8.35. The first-order valence-corrected chi connectivity index (χ1v) is 8.56. The number of hydrogen-bond donors (Lipinski definition) is 1. The smallest absolute Gasteiger partial charge is 0.344 e. The number of nitrogens with zero attached hydrogens (tertiary/aromatic N) is 1. The van der Waals surface area contributed by atoms with E-state index in [4.69, 9.17) is 15.2 Å². The molecule has 0 radical (unpaired) electrons. The number of esters is 1. The summed E-state index contributed by atoms with van der Waals surface area (Å²) in [6, 6.07) is 14.3. The minimum atomic E-state index is -0.694. The Bertz CT molecular complexity index is 865. The molecule has 2 aromatic rings. The van der Waals surface area contributed by atoms with Crippen LogP contribution >= 0.6 is 0 Å². The molecular formula is C20H20N2O5. The average molecular weight is 368 g/mol. The van der Waals surface area contributed by atoms with Gasteiger partial charge in [-0.3, -0.25) is 9.59 Å². The zero-order valence-corrected chi connectivity index (χ0v) is 14.7. The van der Waals surface area contributed by atoms with Gasteiger partial charge in [0.05, 0.1) is 5.56 Å². The van der Waals surface area contributed by atoms with E-state index in [2.05, 4.69) is 6.07 Å². The van der Waals surface area contributed by atoms with Crippen molar-refractivity contribution < 1.29 is 23.9 Å². The summed E-state index contributed by atoms with van der Waals surface area (Å²) in [6.45, 7) is 0.340. The van der Waals surface area contributed by atoms with E-state index < -0.39 is 18.5 Å². The molecule has 0 bridgehead atoms. The second-order valence-corrected chi connectivity index (χ2v) is 6.14. The molecule has 2 N–H and O–H groups in total. The highest BCUT2D eigenvalue weighted by Gasteiger charge is 2.21. The predicted octanol–water partition coefficient (Wildman–Crippen LogP) is 1.29. The first-order chi connectivity index (χ1) is 13.0. The van der Waals surface area contributed by atoms with Crippen LogP contribution in [0.25, 0.3) is 0 Å². The van der Waals surface area contributed by atoms with Gasteiger partial charge in [-0.1, -0.05) is 36.4 Å². The highest BCUT2D eigenvalue weighted by molar-refractivity contribution is 5.95. The van der Waals surface area contributed by atoms with E-state index in [9.17, 15) is 14.4 Å². The van der Waals surface area contributed by atoms with E-state index >= 15 is 0 Å². The highest BCUT2D eigenvalue weighted by atomic mass is 16.6. The van der Waals surface area contributed by atoms with E-state index in [0.717, 1.165) is 12.0 Å². The summed E-state index contributed by atoms with van der Waals surface area (Å²) in [5.41, 5.74) is 7.77. The van der Waals surface area contributed by atoms with Crippen molar-refractivity contribution in [2.24, 2.45) is 5.73 Å². The van der Waals surface area contributed by atoms with Crippen molar-refractivity contribution >= 4 is 17.8 Å². The van der Waals surface area contributed by atoms with Gasteiger partial charge in [-0.25, -0.2) is 4.79 Å². The van der Waals surface area contributed by atoms with Crippen molar-refractivity contribution in [1.82, 2.24) is 4.90 Å². The number of fused-ring (bicyclic) bond motifs is 1. The van der Waals surface area contributed by atoms with Crippen molar-refractivity contribution in [2.75, 3.05) is 19.8 Å². The van der Waals surface area contributed by atoms with Gasteiger partial charge in [0.25, 0.3) is 11.8 Å². The Balaban J connectivity index is 1.47. The highest BCUT2D eigenvalue weighted by Crippen LogP contribution is 2.19. The monoisotopic (exact) mass is 368 g/mol. The summed E-state index contributed by atoms with van der Waals surface area (Å²) in [4.78, 5) is 37.1. The van der Waals surface area contributed by atoms with E-state index in [0.29, 0.717) is 13.1 Å². The molecule has 2 aromatic carbocycles. The predicted molar refractivity (Wildman–Crippen MR) is 97.0 cm³/mol. The number of ether oxygens (including phenoxy) is 2. The molecule has 0 aromatic heterocycles. The van der Waals surface area contributed by atoms with E-state index in [-0.39, 0.29) is 23.8 Å². The second-order valence-electron chi connectivity index (χ2n) is 6.14. The fourth-order valence-corrected chi connectivity index (χ4v) is 2.92. The average Bonchev–Trinajstić information content (AvgIpc) is 2.70. The van der Waals surface area contributed by atoms with Crippen molar-refractivity contribution in [2.45, 2.75) is 13.0 Å². The number of hydrogen-bond acceptors (Lipinski definition) is 5. The molecule has 0 spiro atoms. The molecule has 1 aliphatic rings. The van der Waals surface area contributed by atoms with Crippen LogP contribution in [0.5, 0.6) is 5.75 Å². The molecular weight excluding hydrogens is 348 g/mol. The molecule has 27 heavy (non-hydrogen) atoms. The summed E-state index contributed by atoms with van der Waals surface area (Å²) in [6.07, 6.45) is 0.781. The maximum atomic E-state index is 12.3. The van der Waals surface area contributed by atoms with Gasteiger partial charge >= 0.3 is 5.97 Å². The van der Waals surface area contributed by atoms with Gasteiger partial charge in [-0.15, -0.1) is 0 Å². The lowest BCUT2D eigenvalue weighted by atomic mass is 10.00. The number of rotatable bonds is 6. The molecule has 0 saturated heterocycles. The molecule has 140 valence electrons. The maximum Gasteiger partial charge on any atom is 0.344 e. The fourth-order valence-electron chi connectivity index (χ4n) is 2.92. The quantitative estimate of drug-likeness (QED) is 0.775. The molecule has 3 rings (SSSR count). The first kappa shape index (κ1) is 18.4. The van der Waals surface area contributed by atoms with Gasteiger partial charge < -0.3 is 20.1 Å². The molecule has 0 unspecified atom stereocenters. The van der Waals surface area contributed by atoms with Crippen LogP contribution in [-0.2, 0) is 27.3 Å².